The second-order valence-electron chi connectivity index (χ2n) is 8.16. The molecule has 1 heterocycles. The van der Waals surface area contributed by atoms with Gasteiger partial charge in [0.25, 0.3) is 5.91 Å². The van der Waals surface area contributed by atoms with Crippen LogP contribution in [0.5, 0.6) is 11.5 Å². The number of hydroxylamine groups is 1. The van der Waals surface area contributed by atoms with Gasteiger partial charge in [-0.1, -0.05) is 0 Å². The van der Waals surface area contributed by atoms with Gasteiger partial charge < -0.3 is 9.64 Å². The van der Waals surface area contributed by atoms with Crippen LogP contribution in [0, 0.1) is 0 Å². The second kappa shape index (κ2) is 10.5. The van der Waals surface area contributed by atoms with E-state index in [0.717, 1.165) is 24.3 Å². The van der Waals surface area contributed by atoms with Crippen molar-refractivity contribution in [3.05, 3.63) is 54.1 Å². The molecule has 2 aromatic rings. The first-order valence-electron chi connectivity index (χ1n) is 10.3. The summed E-state index contributed by atoms with van der Waals surface area (Å²) in [6.07, 6.45) is -4.43. The summed E-state index contributed by atoms with van der Waals surface area (Å²) in [5.74, 6) is -0.615. The van der Waals surface area contributed by atoms with E-state index < -0.39 is 32.2 Å². The smallest absolute Gasteiger partial charge is 0.416 e. The van der Waals surface area contributed by atoms with Crippen LogP contribution in [-0.2, 0) is 20.8 Å². The summed E-state index contributed by atoms with van der Waals surface area (Å²) in [6.45, 7) is 4.70. The van der Waals surface area contributed by atoms with Crippen LogP contribution in [-0.4, -0.2) is 48.3 Å². The van der Waals surface area contributed by atoms with Gasteiger partial charge >= 0.3 is 6.18 Å². The molecule has 0 spiro atoms. The molecule has 0 bridgehead atoms. The number of hydrogen-bond donors (Lipinski definition) is 2. The van der Waals surface area contributed by atoms with E-state index in [1.54, 1.807) is 0 Å². The molecule has 0 unspecified atom stereocenters. The van der Waals surface area contributed by atoms with Crippen LogP contribution >= 0.6 is 12.4 Å². The molecule has 1 amide bonds. The SMILES string of the molecule is CC(C)N1CCC(C(=O)NO)(S(=O)(=O)c2ccc(Oc3ccc(C(F)(F)F)cc3)cc2)CC1.Cl. The van der Waals surface area contributed by atoms with Gasteiger partial charge in [-0.15, -0.1) is 12.4 Å². The molecule has 1 aliphatic rings. The molecule has 12 heteroatoms. The van der Waals surface area contributed by atoms with Crippen molar-refractivity contribution in [2.75, 3.05) is 13.1 Å². The molecular weight excluding hydrogens is 497 g/mol. The number of halogens is 4. The van der Waals surface area contributed by atoms with Gasteiger partial charge in [0.15, 0.2) is 14.6 Å². The summed E-state index contributed by atoms with van der Waals surface area (Å²) >= 11 is 0. The Morgan fingerprint density at radius 1 is 1.03 bits per heavy atom. The lowest BCUT2D eigenvalue weighted by Crippen LogP contribution is -2.58. The molecule has 1 saturated heterocycles. The largest absolute Gasteiger partial charge is 0.457 e. The number of hydrogen-bond acceptors (Lipinski definition) is 6. The maximum atomic E-state index is 13.4. The minimum atomic E-state index is -4.46. The van der Waals surface area contributed by atoms with E-state index in [1.165, 1.54) is 29.7 Å². The van der Waals surface area contributed by atoms with Crippen molar-refractivity contribution >= 4 is 28.2 Å². The van der Waals surface area contributed by atoms with E-state index in [2.05, 4.69) is 4.90 Å². The Morgan fingerprint density at radius 3 is 1.91 bits per heavy atom. The predicted molar refractivity (Wildman–Crippen MR) is 121 cm³/mol. The molecule has 1 aliphatic heterocycles. The molecule has 0 aliphatic carbocycles. The van der Waals surface area contributed by atoms with E-state index in [0.29, 0.717) is 13.1 Å². The minimum absolute atomic E-state index is 0. The molecule has 2 N–H and O–H groups in total. The lowest BCUT2D eigenvalue weighted by molar-refractivity contribution is -0.137. The minimum Gasteiger partial charge on any atom is -0.457 e. The maximum Gasteiger partial charge on any atom is 0.416 e. The van der Waals surface area contributed by atoms with Crippen molar-refractivity contribution in [1.82, 2.24) is 10.4 Å². The van der Waals surface area contributed by atoms with Crippen LogP contribution in [0.1, 0.15) is 32.3 Å². The van der Waals surface area contributed by atoms with Gasteiger partial charge in [-0.3, -0.25) is 10.0 Å². The Bertz CT molecular complexity index is 1080. The van der Waals surface area contributed by atoms with Gasteiger partial charge in [-0.05, 0) is 75.2 Å². The summed E-state index contributed by atoms with van der Waals surface area (Å²) in [4.78, 5) is 14.5. The van der Waals surface area contributed by atoms with Crippen molar-refractivity contribution < 1.29 is 36.3 Å². The number of alkyl halides is 3. The summed E-state index contributed by atoms with van der Waals surface area (Å²) in [7, 11) is -4.17. The number of benzene rings is 2. The fourth-order valence-corrected chi connectivity index (χ4v) is 5.84. The molecular formula is C22H26ClF3N2O5S. The number of ether oxygens (including phenoxy) is 1. The Balaban J connectivity index is 0.00000408. The topological polar surface area (TPSA) is 95.9 Å². The maximum absolute atomic E-state index is 13.4. The summed E-state index contributed by atoms with van der Waals surface area (Å²) in [5, 5.41) is 9.25. The van der Waals surface area contributed by atoms with E-state index in [4.69, 9.17) is 4.74 Å². The quantitative estimate of drug-likeness (QED) is 0.430. The van der Waals surface area contributed by atoms with Gasteiger partial charge in [-0.2, -0.15) is 13.2 Å². The molecule has 1 fully saturated rings. The molecule has 188 valence electrons. The average Bonchev–Trinajstić information content (AvgIpc) is 2.78. The van der Waals surface area contributed by atoms with E-state index >= 15 is 0 Å². The number of sulfone groups is 1. The molecule has 0 saturated carbocycles. The van der Waals surface area contributed by atoms with Crippen LogP contribution in [0.15, 0.2) is 53.4 Å². The number of amides is 1. The molecule has 2 aromatic carbocycles. The number of rotatable bonds is 6. The zero-order chi connectivity index (χ0) is 24.4. The molecule has 0 atom stereocenters. The number of carbonyl (C=O) groups excluding carboxylic acids is 1. The van der Waals surface area contributed by atoms with Crippen LogP contribution in [0.4, 0.5) is 13.2 Å². The van der Waals surface area contributed by atoms with Crippen molar-refractivity contribution in [3.63, 3.8) is 0 Å². The second-order valence-corrected chi connectivity index (χ2v) is 10.4. The third kappa shape index (κ3) is 5.48. The molecule has 3 rings (SSSR count). The first kappa shape index (κ1) is 27.9. The predicted octanol–water partition coefficient (Wildman–Crippen LogP) is 4.44. The number of carbonyl (C=O) groups is 1. The van der Waals surface area contributed by atoms with Crippen molar-refractivity contribution in [1.29, 1.82) is 0 Å². The highest BCUT2D eigenvalue weighted by Gasteiger charge is 2.53. The highest BCUT2D eigenvalue weighted by molar-refractivity contribution is 7.93. The van der Waals surface area contributed by atoms with Gasteiger partial charge in [0, 0.05) is 19.1 Å². The van der Waals surface area contributed by atoms with Crippen LogP contribution in [0.3, 0.4) is 0 Å². The van der Waals surface area contributed by atoms with Crippen molar-refractivity contribution in [2.24, 2.45) is 0 Å². The first-order chi connectivity index (χ1) is 15.4. The molecule has 0 aromatic heterocycles. The fraction of sp³-hybridized carbons (Fsp3) is 0.409. The Kier molecular flexibility index (Phi) is 8.62. The summed E-state index contributed by atoms with van der Waals surface area (Å²) in [6, 6.07) is 9.55. The van der Waals surface area contributed by atoms with Gasteiger partial charge in [0.05, 0.1) is 10.5 Å². The first-order valence-corrected chi connectivity index (χ1v) is 11.8. The zero-order valence-corrected chi connectivity index (χ0v) is 20.1. The third-order valence-corrected chi connectivity index (χ3v) is 8.43. The molecule has 7 nitrogen and oxygen atoms in total. The number of nitrogens with one attached hydrogen (secondary N) is 1. The van der Waals surface area contributed by atoms with Gasteiger partial charge in [-0.25, -0.2) is 13.9 Å². The van der Waals surface area contributed by atoms with Gasteiger partial charge in [0.2, 0.25) is 0 Å². The van der Waals surface area contributed by atoms with E-state index in [-0.39, 0.29) is 47.7 Å². The Morgan fingerprint density at radius 2 is 1.50 bits per heavy atom. The lowest BCUT2D eigenvalue weighted by atomic mass is 9.94. The van der Waals surface area contributed by atoms with Crippen LogP contribution in [0.25, 0.3) is 0 Å². The van der Waals surface area contributed by atoms with Gasteiger partial charge in [0.1, 0.15) is 11.5 Å². The lowest BCUT2D eigenvalue weighted by Gasteiger charge is -2.40. The standard InChI is InChI=1S/C22H25F3N2O5S.ClH/c1-15(2)27-13-11-21(12-14-27,20(28)26-29)33(30,31)19-9-7-18(8-10-19)32-17-5-3-16(4-6-17)22(23,24)25;/h3-10,15,29H,11-14H2,1-2H3,(H,26,28);1H. The number of likely N-dealkylation sites (tertiary alicyclic amines) is 1. The third-order valence-electron chi connectivity index (χ3n) is 5.92. The highest BCUT2D eigenvalue weighted by Crippen LogP contribution is 2.37. The normalized spacial score (nSPS) is 16.6. The summed E-state index contributed by atoms with van der Waals surface area (Å²) < 4.78 is 68.6. The number of nitrogens with zero attached hydrogens (tertiary/aromatic N) is 1. The molecule has 0 radical (unpaired) electrons. The fourth-order valence-electron chi connectivity index (χ4n) is 3.88. The summed E-state index contributed by atoms with van der Waals surface area (Å²) in [5.41, 5.74) is 0.700. The Hall–Kier alpha value is -2.34. The van der Waals surface area contributed by atoms with Crippen molar-refractivity contribution in [3.8, 4) is 11.5 Å². The van der Waals surface area contributed by atoms with Crippen LogP contribution < -0.4 is 10.2 Å². The highest BCUT2D eigenvalue weighted by atomic mass is 35.5. The van der Waals surface area contributed by atoms with E-state index in [9.17, 15) is 31.6 Å². The zero-order valence-electron chi connectivity index (χ0n) is 18.5. The van der Waals surface area contributed by atoms with Crippen molar-refractivity contribution in [2.45, 2.75) is 48.5 Å². The van der Waals surface area contributed by atoms with Crippen LogP contribution in [0.2, 0.25) is 0 Å². The average molecular weight is 523 g/mol. The molecule has 34 heavy (non-hydrogen) atoms. The Labute approximate surface area is 202 Å². The monoisotopic (exact) mass is 522 g/mol. The number of piperidine rings is 1. The van der Waals surface area contributed by atoms with E-state index in [1.807, 2.05) is 13.8 Å².